The highest BCUT2D eigenvalue weighted by Crippen LogP contribution is 2.22. The Morgan fingerprint density at radius 1 is 1.13 bits per heavy atom. The van der Waals surface area contributed by atoms with Crippen LogP contribution in [0.3, 0.4) is 0 Å². The number of amides is 2. The Morgan fingerprint density at radius 3 is 2.60 bits per heavy atom. The molecule has 3 rings (SSSR count). The molecule has 1 aliphatic heterocycles. The molecule has 1 aliphatic rings. The Bertz CT molecular complexity index is 816. The predicted molar refractivity (Wildman–Crippen MR) is 112 cm³/mol. The van der Waals surface area contributed by atoms with E-state index >= 15 is 0 Å². The van der Waals surface area contributed by atoms with Gasteiger partial charge in [-0.25, -0.2) is 0 Å². The molecule has 1 fully saturated rings. The van der Waals surface area contributed by atoms with E-state index in [1.807, 2.05) is 43.3 Å². The SMILES string of the molecule is C[C@@H](NC(=O)C[C@H]1CC[C@H](NC(=O)Cc2ccccn2)[C@H](CO)O1)c1ccccc1. The van der Waals surface area contributed by atoms with Gasteiger partial charge in [-0.05, 0) is 37.5 Å². The summed E-state index contributed by atoms with van der Waals surface area (Å²) < 4.78 is 5.92. The average Bonchev–Trinajstić information content (AvgIpc) is 2.76. The number of aliphatic hydroxyl groups is 1. The van der Waals surface area contributed by atoms with Gasteiger partial charge in [0.05, 0.1) is 37.6 Å². The largest absolute Gasteiger partial charge is 0.394 e. The third kappa shape index (κ3) is 6.37. The summed E-state index contributed by atoms with van der Waals surface area (Å²) in [5.41, 5.74) is 1.73. The van der Waals surface area contributed by atoms with E-state index in [-0.39, 0.29) is 49.5 Å². The first-order valence-corrected chi connectivity index (χ1v) is 10.3. The minimum Gasteiger partial charge on any atom is -0.394 e. The minimum atomic E-state index is -0.532. The van der Waals surface area contributed by atoms with Crippen molar-refractivity contribution in [3.8, 4) is 0 Å². The third-order valence-corrected chi connectivity index (χ3v) is 5.30. The van der Waals surface area contributed by atoms with E-state index in [2.05, 4.69) is 15.6 Å². The fraction of sp³-hybridized carbons (Fsp3) is 0.435. The van der Waals surface area contributed by atoms with Crippen molar-refractivity contribution in [2.75, 3.05) is 6.61 Å². The van der Waals surface area contributed by atoms with Crippen molar-refractivity contribution in [3.63, 3.8) is 0 Å². The van der Waals surface area contributed by atoms with Gasteiger partial charge in [-0.15, -0.1) is 0 Å². The first kappa shape index (κ1) is 21.9. The van der Waals surface area contributed by atoms with Crippen molar-refractivity contribution in [2.24, 2.45) is 0 Å². The lowest BCUT2D eigenvalue weighted by atomic mass is 9.96. The van der Waals surface area contributed by atoms with Crippen molar-refractivity contribution in [1.82, 2.24) is 15.6 Å². The van der Waals surface area contributed by atoms with Crippen LogP contribution < -0.4 is 10.6 Å². The first-order chi connectivity index (χ1) is 14.5. The molecule has 0 bridgehead atoms. The molecule has 7 heteroatoms. The lowest BCUT2D eigenvalue weighted by molar-refractivity contribution is -0.136. The molecule has 2 amide bonds. The summed E-state index contributed by atoms with van der Waals surface area (Å²) in [4.78, 5) is 28.9. The van der Waals surface area contributed by atoms with Crippen LogP contribution in [0.15, 0.2) is 54.7 Å². The fourth-order valence-electron chi connectivity index (χ4n) is 3.70. The van der Waals surface area contributed by atoms with Crippen LogP contribution in [0, 0.1) is 0 Å². The van der Waals surface area contributed by atoms with Crippen molar-refractivity contribution in [3.05, 3.63) is 66.0 Å². The summed E-state index contributed by atoms with van der Waals surface area (Å²) in [6, 6.07) is 14.8. The predicted octanol–water partition coefficient (Wildman–Crippen LogP) is 1.92. The molecule has 30 heavy (non-hydrogen) atoms. The van der Waals surface area contributed by atoms with Crippen LogP contribution in [0.25, 0.3) is 0 Å². The Kier molecular flexibility index (Phi) is 7.93. The number of carbonyl (C=O) groups excluding carboxylic acids is 2. The Balaban J connectivity index is 1.46. The van der Waals surface area contributed by atoms with Crippen LogP contribution in [0.4, 0.5) is 0 Å². The molecule has 0 radical (unpaired) electrons. The lowest BCUT2D eigenvalue weighted by Gasteiger charge is -2.36. The molecule has 1 aromatic heterocycles. The molecule has 0 saturated carbocycles. The first-order valence-electron chi connectivity index (χ1n) is 10.3. The van der Waals surface area contributed by atoms with E-state index in [1.54, 1.807) is 18.3 Å². The second kappa shape index (κ2) is 10.8. The summed E-state index contributed by atoms with van der Waals surface area (Å²) in [5, 5.41) is 15.6. The maximum absolute atomic E-state index is 12.4. The molecule has 0 spiro atoms. The highest BCUT2D eigenvalue weighted by Gasteiger charge is 2.33. The number of nitrogens with zero attached hydrogens (tertiary/aromatic N) is 1. The zero-order chi connectivity index (χ0) is 21.3. The van der Waals surface area contributed by atoms with E-state index in [4.69, 9.17) is 4.74 Å². The number of benzene rings is 1. The van der Waals surface area contributed by atoms with Crippen molar-refractivity contribution >= 4 is 11.8 Å². The molecule has 160 valence electrons. The van der Waals surface area contributed by atoms with Gasteiger partial charge in [0.1, 0.15) is 6.10 Å². The van der Waals surface area contributed by atoms with Crippen molar-refractivity contribution < 1.29 is 19.4 Å². The molecule has 2 heterocycles. The maximum atomic E-state index is 12.4. The van der Waals surface area contributed by atoms with Crippen LogP contribution in [0.2, 0.25) is 0 Å². The zero-order valence-corrected chi connectivity index (χ0v) is 17.2. The molecule has 2 aromatic rings. The molecule has 4 atom stereocenters. The summed E-state index contributed by atoms with van der Waals surface area (Å²) >= 11 is 0. The lowest BCUT2D eigenvalue weighted by Crippen LogP contribution is -2.51. The topological polar surface area (TPSA) is 101 Å². The molecule has 0 aliphatic carbocycles. The van der Waals surface area contributed by atoms with Gasteiger partial charge in [0.25, 0.3) is 0 Å². The molecule has 1 saturated heterocycles. The number of aromatic nitrogens is 1. The Hall–Kier alpha value is -2.77. The number of nitrogens with one attached hydrogen (secondary N) is 2. The van der Waals surface area contributed by atoms with Gasteiger partial charge in [-0.3, -0.25) is 14.6 Å². The van der Waals surface area contributed by atoms with Crippen LogP contribution in [0.1, 0.15) is 43.5 Å². The van der Waals surface area contributed by atoms with E-state index < -0.39 is 6.10 Å². The molecule has 3 N–H and O–H groups in total. The number of rotatable bonds is 8. The summed E-state index contributed by atoms with van der Waals surface area (Å²) in [7, 11) is 0. The highest BCUT2D eigenvalue weighted by molar-refractivity contribution is 5.78. The van der Waals surface area contributed by atoms with E-state index in [1.165, 1.54) is 0 Å². The zero-order valence-electron chi connectivity index (χ0n) is 17.2. The monoisotopic (exact) mass is 411 g/mol. The minimum absolute atomic E-state index is 0.0884. The molecule has 1 aromatic carbocycles. The van der Waals surface area contributed by atoms with Gasteiger partial charge < -0.3 is 20.5 Å². The number of hydrogen-bond acceptors (Lipinski definition) is 5. The summed E-state index contributed by atoms with van der Waals surface area (Å²) in [6.45, 7) is 1.73. The Morgan fingerprint density at radius 2 is 1.90 bits per heavy atom. The highest BCUT2D eigenvalue weighted by atomic mass is 16.5. The quantitative estimate of drug-likeness (QED) is 0.616. The number of hydrogen-bond donors (Lipinski definition) is 3. The fourth-order valence-corrected chi connectivity index (χ4v) is 3.70. The molecule has 0 unspecified atom stereocenters. The van der Waals surface area contributed by atoms with Gasteiger partial charge in [0.2, 0.25) is 11.8 Å². The molecule has 7 nitrogen and oxygen atoms in total. The van der Waals surface area contributed by atoms with E-state index in [9.17, 15) is 14.7 Å². The van der Waals surface area contributed by atoms with E-state index in [0.717, 1.165) is 5.56 Å². The molecular weight excluding hydrogens is 382 g/mol. The van der Waals surface area contributed by atoms with Gasteiger partial charge in [-0.1, -0.05) is 36.4 Å². The average molecular weight is 412 g/mol. The van der Waals surface area contributed by atoms with Crippen LogP contribution >= 0.6 is 0 Å². The van der Waals surface area contributed by atoms with Crippen LogP contribution in [-0.2, 0) is 20.7 Å². The summed E-state index contributed by atoms with van der Waals surface area (Å²) in [6.07, 6.45) is 2.52. The number of ether oxygens (including phenoxy) is 1. The summed E-state index contributed by atoms with van der Waals surface area (Å²) in [5.74, 6) is -0.251. The second-order valence-electron chi connectivity index (χ2n) is 7.63. The standard InChI is InChI=1S/C23H29N3O4/c1-16(17-7-3-2-4-8-17)25-23(29)14-19-10-11-20(21(15-27)30-19)26-22(28)13-18-9-5-6-12-24-18/h2-9,12,16,19-21,27H,10-11,13-15H2,1H3,(H,25,29)(H,26,28)/t16-,19-,20+,21+/m1/s1. The second-order valence-corrected chi connectivity index (χ2v) is 7.63. The van der Waals surface area contributed by atoms with Crippen LogP contribution in [0.5, 0.6) is 0 Å². The van der Waals surface area contributed by atoms with Crippen LogP contribution in [-0.4, -0.2) is 46.8 Å². The van der Waals surface area contributed by atoms with Gasteiger partial charge in [0, 0.05) is 11.9 Å². The van der Waals surface area contributed by atoms with Crippen molar-refractivity contribution in [1.29, 1.82) is 0 Å². The van der Waals surface area contributed by atoms with Crippen molar-refractivity contribution in [2.45, 2.75) is 56.9 Å². The third-order valence-electron chi connectivity index (χ3n) is 5.30. The molecular formula is C23H29N3O4. The number of aliphatic hydroxyl groups excluding tert-OH is 1. The maximum Gasteiger partial charge on any atom is 0.226 e. The van der Waals surface area contributed by atoms with Gasteiger partial charge in [0.15, 0.2) is 0 Å². The number of pyridine rings is 1. The van der Waals surface area contributed by atoms with Gasteiger partial charge in [-0.2, -0.15) is 0 Å². The normalized spacial score (nSPS) is 22.1. The number of carbonyl (C=O) groups is 2. The smallest absolute Gasteiger partial charge is 0.226 e. The van der Waals surface area contributed by atoms with E-state index in [0.29, 0.717) is 18.5 Å². The van der Waals surface area contributed by atoms with Gasteiger partial charge >= 0.3 is 0 Å². The Labute approximate surface area is 176 Å².